The van der Waals surface area contributed by atoms with Gasteiger partial charge in [0.1, 0.15) is 29.7 Å². The number of nitrogens with two attached hydrogens (primary N) is 1. The number of rotatable bonds is 7. The number of hydrogen-bond donors (Lipinski definition) is 4. The first kappa shape index (κ1) is 21.0. The molecule has 0 aliphatic carbocycles. The number of hydrogen-bond acceptors (Lipinski definition) is 10. The van der Waals surface area contributed by atoms with Crippen molar-refractivity contribution in [3.05, 3.63) is 35.4 Å². The number of β-amino-alcohol motifs (C(OH)–C–C–N with tert-alkyl or cyclic N) is 1. The predicted octanol–water partition coefficient (Wildman–Crippen LogP) is -0.239. The summed E-state index contributed by atoms with van der Waals surface area (Å²) in [7, 11) is 0. The fourth-order valence-electron chi connectivity index (χ4n) is 3.18. The molecule has 2 aromatic rings. The Hall–Kier alpha value is -3.30. The SMILES string of the molecule is N#Cc1cccc(-c2nc(N)c(C(=O)NOCC3(O)CNC3)c(O[C@H]3CCOC3)n2)c1. The summed E-state index contributed by atoms with van der Waals surface area (Å²) >= 11 is 0. The molecule has 2 aliphatic rings. The Morgan fingerprint density at radius 1 is 1.45 bits per heavy atom. The third-order valence-electron chi connectivity index (χ3n) is 4.96. The van der Waals surface area contributed by atoms with Crippen LogP contribution in [0.2, 0.25) is 0 Å². The van der Waals surface area contributed by atoms with Crippen LogP contribution in [0.1, 0.15) is 22.3 Å². The molecule has 5 N–H and O–H groups in total. The fraction of sp³-hybridized carbons (Fsp3) is 0.400. The van der Waals surface area contributed by atoms with Crippen molar-refractivity contribution in [2.24, 2.45) is 0 Å². The third kappa shape index (κ3) is 4.73. The lowest BCUT2D eigenvalue weighted by molar-refractivity contribution is -0.0975. The van der Waals surface area contributed by atoms with Crippen LogP contribution in [0.3, 0.4) is 0 Å². The highest BCUT2D eigenvalue weighted by Gasteiger charge is 2.35. The molecule has 0 saturated carbocycles. The second-order valence-corrected chi connectivity index (χ2v) is 7.46. The Morgan fingerprint density at radius 3 is 2.97 bits per heavy atom. The monoisotopic (exact) mass is 426 g/mol. The Bertz CT molecular complexity index is 1010. The van der Waals surface area contributed by atoms with E-state index in [1.807, 2.05) is 0 Å². The van der Waals surface area contributed by atoms with Crippen molar-refractivity contribution in [2.75, 3.05) is 38.6 Å². The number of amides is 1. The smallest absolute Gasteiger partial charge is 0.284 e. The quantitative estimate of drug-likeness (QED) is 0.434. The van der Waals surface area contributed by atoms with Crippen molar-refractivity contribution in [1.82, 2.24) is 20.8 Å². The van der Waals surface area contributed by atoms with Gasteiger partial charge in [0.05, 0.1) is 24.8 Å². The summed E-state index contributed by atoms with van der Waals surface area (Å²) in [5.41, 5.74) is 8.25. The van der Waals surface area contributed by atoms with E-state index in [1.54, 1.807) is 24.3 Å². The molecule has 1 amide bonds. The van der Waals surface area contributed by atoms with Gasteiger partial charge in [-0.3, -0.25) is 9.63 Å². The predicted molar refractivity (Wildman–Crippen MR) is 108 cm³/mol. The van der Waals surface area contributed by atoms with E-state index in [-0.39, 0.29) is 35.8 Å². The molecule has 2 saturated heterocycles. The van der Waals surface area contributed by atoms with Gasteiger partial charge in [-0.15, -0.1) is 0 Å². The number of anilines is 1. The van der Waals surface area contributed by atoms with Crippen LogP contribution in [0, 0.1) is 11.3 Å². The van der Waals surface area contributed by atoms with Crippen LogP contribution >= 0.6 is 0 Å². The highest BCUT2D eigenvalue weighted by Crippen LogP contribution is 2.28. The highest BCUT2D eigenvalue weighted by molar-refractivity contribution is 6.00. The molecule has 31 heavy (non-hydrogen) atoms. The van der Waals surface area contributed by atoms with Gasteiger partial charge >= 0.3 is 0 Å². The molecule has 0 bridgehead atoms. The van der Waals surface area contributed by atoms with E-state index in [1.165, 1.54) is 0 Å². The number of aliphatic hydroxyl groups is 1. The van der Waals surface area contributed by atoms with Crippen LogP contribution in [-0.2, 0) is 9.57 Å². The largest absolute Gasteiger partial charge is 0.471 e. The molecule has 1 aromatic heterocycles. The molecule has 11 heteroatoms. The van der Waals surface area contributed by atoms with Gasteiger partial charge in [-0.05, 0) is 12.1 Å². The molecule has 3 heterocycles. The molecular weight excluding hydrogens is 404 g/mol. The Balaban J connectivity index is 1.60. The minimum atomic E-state index is -1.02. The lowest BCUT2D eigenvalue weighted by Crippen LogP contribution is -2.62. The maximum absolute atomic E-state index is 12.8. The van der Waals surface area contributed by atoms with E-state index >= 15 is 0 Å². The Morgan fingerprint density at radius 2 is 2.29 bits per heavy atom. The number of hydroxylamine groups is 1. The van der Waals surface area contributed by atoms with Gasteiger partial charge < -0.3 is 25.6 Å². The number of carbonyl (C=O) groups excluding carboxylic acids is 1. The lowest BCUT2D eigenvalue weighted by atomic mass is 9.99. The summed E-state index contributed by atoms with van der Waals surface area (Å²) in [4.78, 5) is 26.5. The molecule has 4 rings (SSSR count). The molecule has 0 unspecified atom stereocenters. The summed E-state index contributed by atoms with van der Waals surface area (Å²) in [6, 6.07) is 8.77. The standard InChI is InChI=1S/C20H22N6O5/c21-7-12-2-1-3-13(6-12)17-24-16(22)15(19(25-17)31-14-4-5-29-8-14)18(27)26-30-11-20(28)9-23-10-20/h1-3,6,14,23,28H,4-5,8-11H2,(H,26,27)(H2,22,24,25)/t14-/m0/s1. The number of nitrogen functional groups attached to an aromatic ring is 1. The molecule has 11 nitrogen and oxygen atoms in total. The first-order chi connectivity index (χ1) is 15.0. The highest BCUT2D eigenvalue weighted by atomic mass is 16.7. The number of aromatic nitrogens is 2. The van der Waals surface area contributed by atoms with E-state index in [0.29, 0.717) is 43.9 Å². The third-order valence-corrected chi connectivity index (χ3v) is 4.96. The van der Waals surface area contributed by atoms with E-state index in [9.17, 15) is 9.90 Å². The van der Waals surface area contributed by atoms with E-state index in [4.69, 9.17) is 25.3 Å². The van der Waals surface area contributed by atoms with Crippen LogP contribution in [0.4, 0.5) is 5.82 Å². The van der Waals surface area contributed by atoms with Crippen molar-refractivity contribution in [2.45, 2.75) is 18.1 Å². The number of nitriles is 1. The fourth-order valence-corrected chi connectivity index (χ4v) is 3.18. The van der Waals surface area contributed by atoms with Gasteiger partial charge in [-0.1, -0.05) is 12.1 Å². The lowest BCUT2D eigenvalue weighted by Gasteiger charge is -2.36. The van der Waals surface area contributed by atoms with Gasteiger partial charge in [0, 0.05) is 25.1 Å². The zero-order chi connectivity index (χ0) is 21.8. The summed E-state index contributed by atoms with van der Waals surface area (Å²) in [6.45, 7) is 1.57. The van der Waals surface area contributed by atoms with Crippen molar-refractivity contribution < 1.29 is 24.2 Å². The zero-order valence-electron chi connectivity index (χ0n) is 16.6. The van der Waals surface area contributed by atoms with Gasteiger partial charge in [-0.2, -0.15) is 10.2 Å². The van der Waals surface area contributed by atoms with Crippen molar-refractivity contribution in [1.29, 1.82) is 5.26 Å². The Labute approximate surface area is 178 Å². The molecule has 0 radical (unpaired) electrons. The maximum atomic E-state index is 12.8. The van der Waals surface area contributed by atoms with Gasteiger partial charge in [0.15, 0.2) is 5.82 Å². The van der Waals surface area contributed by atoms with Crippen LogP contribution in [-0.4, -0.2) is 65.6 Å². The zero-order valence-corrected chi connectivity index (χ0v) is 16.6. The molecule has 162 valence electrons. The van der Waals surface area contributed by atoms with Crippen LogP contribution in [0.25, 0.3) is 11.4 Å². The summed E-state index contributed by atoms with van der Waals surface area (Å²) in [5, 5.41) is 22.1. The van der Waals surface area contributed by atoms with Gasteiger partial charge in [-0.25, -0.2) is 10.5 Å². The van der Waals surface area contributed by atoms with E-state index in [0.717, 1.165) is 0 Å². The second kappa shape index (κ2) is 8.83. The van der Waals surface area contributed by atoms with Crippen LogP contribution < -0.4 is 21.3 Å². The topological polar surface area (TPSA) is 165 Å². The number of nitrogens with zero attached hydrogens (tertiary/aromatic N) is 3. The van der Waals surface area contributed by atoms with Crippen molar-refractivity contribution in [3.8, 4) is 23.3 Å². The first-order valence-corrected chi connectivity index (χ1v) is 9.75. The second-order valence-electron chi connectivity index (χ2n) is 7.46. The Kier molecular flexibility index (Phi) is 5.97. The van der Waals surface area contributed by atoms with Crippen LogP contribution in [0.5, 0.6) is 5.88 Å². The van der Waals surface area contributed by atoms with Crippen molar-refractivity contribution in [3.63, 3.8) is 0 Å². The summed E-state index contributed by atoms with van der Waals surface area (Å²) < 4.78 is 11.2. The summed E-state index contributed by atoms with van der Waals surface area (Å²) in [5.74, 6) is -0.590. The van der Waals surface area contributed by atoms with E-state index < -0.39 is 11.5 Å². The average molecular weight is 426 g/mol. The molecule has 2 fully saturated rings. The minimum absolute atomic E-state index is 0.00881. The average Bonchev–Trinajstić information content (AvgIpc) is 3.25. The molecule has 2 aliphatic heterocycles. The van der Waals surface area contributed by atoms with Gasteiger partial charge in [0.2, 0.25) is 5.88 Å². The maximum Gasteiger partial charge on any atom is 0.284 e. The number of ether oxygens (including phenoxy) is 2. The molecule has 1 aromatic carbocycles. The number of carbonyl (C=O) groups is 1. The molecular formula is C20H22N6O5. The van der Waals surface area contributed by atoms with Crippen LogP contribution in [0.15, 0.2) is 24.3 Å². The minimum Gasteiger partial charge on any atom is -0.471 e. The number of nitrogens with one attached hydrogen (secondary N) is 2. The van der Waals surface area contributed by atoms with Crippen molar-refractivity contribution >= 4 is 11.7 Å². The molecule has 1 atom stereocenters. The summed E-state index contributed by atoms with van der Waals surface area (Å²) in [6.07, 6.45) is 0.350. The normalized spacial score (nSPS) is 19.3. The first-order valence-electron chi connectivity index (χ1n) is 9.75. The number of benzene rings is 1. The van der Waals surface area contributed by atoms with Gasteiger partial charge in [0.25, 0.3) is 5.91 Å². The van der Waals surface area contributed by atoms with E-state index in [2.05, 4.69) is 26.8 Å². The molecule has 0 spiro atoms.